The summed E-state index contributed by atoms with van der Waals surface area (Å²) in [7, 11) is 0. The number of fused-ring (bicyclic) bond motifs is 6. The van der Waals surface area contributed by atoms with Crippen LogP contribution in [0.3, 0.4) is 0 Å². The van der Waals surface area contributed by atoms with Gasteiger partial charge in [0, 0.05) is 16.3 Å². The average Bonchev–Trinajstić information content (AvgIpc) is 2.94. The number of benzene rings is 6. The number of aliphatic hydroxyl groups excluding tert-OH is 1. The number of esters is 1. The van der Waals surface area contributed by atoms with E-state index in [2.05, 4.69) is 6.07 Å². The van der Waals surface area contributed by atoms with Crippen molar-refractivity contribution in [3.63, 3.8) is 0 Å². The molecule has 5 nitrogen and oxygen atoms in total. The fraction of sp³-hybridized carbons (Fsp3) is 0.0938. The standard InChI is InChI=1S/C18H16O4.C14H10O/c1-2-22-18(21)17(20)15-13-9-5-3-7-11(13)12-8-4-6-10-14(12)16(15)19;15-14-9-10-5-1-2-6-11(10)12-7-3-4-8-13(12)14/h3-10,17,19-20H,2H2,1H3;1-9,15H. The number of phenolic OH excluding ortho intramolecular Hbond substituents is 2. The second-order valence-corrected chi connectivity index (χ2v) is 8.67. The molecule has 5 heteroatoms. The summed E-state index contributed by atoms with van der Waals surface area (Å²) < 4.78 is 4.87. The van der Waals surface area contributed by atoms with Gasteiger partial charge in [-0.1, -0.05) is 97.1 Å². The third-order valence-corrected chi connectivity index (χ3v) is 6.47. The van der Waals surface area contributed by atoms with Crippen molar-refractivity contribution in [2.45, 2.75) is 13.0 Å². The normalized spacial score (nSPS) is 11.8. The largest absolute Gasteiger partial charge is 0.507 e. The highest BCUT2D eigenvalue weighted by atomic mass is 16.5. The molecule has 0 amide bonds. The first-order valence-corrected chi connectivity index (χ1v) is 12.1. The molecule has 0 radical (unpaired) electrons. The first-order chi connectivity index (χ1) is 18.0. The molecule has 0 aliphatic heterocycles. The summed E-state index contributed by atoms with van der Waals surface area (Å²) in [6.07, 6.45) is -1.52. The van der Waals surface area contributed by atoms with Crippen molar-refractivity contribution in [2.75, 3.05) is 6.61 Å². The van der Waals surface area contributed by atoms with Gasteiger partial charge in [0.1, 0.15) is 11.5 Å². The first kappa shape index (κ1) is 24.1. The summed E-state index contributed by atoms with van der Waals surface area (Å²) in [5, 5.41) is 38.0. The van der Waals surface area contributed by atoms with E-state index >= 15 is 0 Å². The number of aromatic hydroxyl groups is 2. The van der Waals surface area contributed by atoms with Crippen molar-refractivity contribution in [2.24, 2.45) is 0 Å². The van der Waals surface area contributed by atoms with Crippen LogP contribution in [0.15, 0.2) is 103 Å². The Bertz CT molecular complexity index is 1760. The Labute approximate surface area is 213 Å². The topological polar surface area (TPSA) is 87.0 Å². The molecule has 0 saturated heterocycles. The minimum atomic E-state index is -1.52. The zero-order chi connectivity index (χ0) is 25.9. The van der Waals surface area contributed by atoms with Gasteiger partial charge in [-0.15, -0.1) is 0 Å². The van der Waals surface area contributed by atoms with Crippen molar-refractivity contribution in [3.05, 3.63) is 109 Å². The highest BCUT2D eigenvalue weighted by Crippen LogP contribution is 2.40. The number of hydrogen-bond acceptors (Lipinski definition) is 5. The zero-order valence-electron chi connectivity index (χ0n) is 20.3. The number of carbonyl (C=O) groups is 1. The van der Waals surface area contributed by atoms with Crippen LogP contribution in [-0.4, -0.2) is 27.9 Å². The van der Waals surface area contributed by atoms with Crippen molar-refractivity contribution in [1.82, 2.24) is 0 Å². The van der Waals surface area contributed by atoms with Gasteiger partial charge in [0.05, 0.1) is 6.61 Å². The van der Waals surface area contributed by atoms with E-state index in [0.717, 1.165) is 26.9 Å². The van der Waals surface area contributed by atoms with Gasteiger partial charge in [0.25, 0.3) is 0 Å². The number of carbonyl (C=O) groups excluding carboxylic acids is 1. The molecule has 0 aliphatic carbocycles. The molecule has 0 fully saturated rings. The summed E-state index contributed by atoms with van der Waals surface area (Å²) >= 11 is 0. The van der Waals surface area contributed by atoms with Crippen molar-refractivity contribution < 1.29 is 24.9 Å². The maximum Gasteiger partial charge on any atom is 0.339 e. The van der Waals surface area contributed by atoms with Crippen molar-refractivity contribution in [3.8, 4) is 11.5 Å². The van der Waals surface area contributed by atoms with E-state index in [0.29, 0.717) is 16.5 Å². The Kier molecular flexibility index (Phi) is 6.62. The Hall–Kier alpha value is -4.61. The van der Waals surface area contributed by atoms with Crippen LogP contribution in [0.2, 0.25) is 0 Å². The molecule has 6 rings (SSSR count). The second-order valence-electron chi connectivity index (χ2n) is 8.67. The van der Waals surface area contributed by atoms with Crippen molar-refractivity contribution in [1.29, 1.82) is 0 Å². The van der Waals surface area contributed by atoms with E-state index in [4.69, 9.17) is 4.74 Å². The van der Waals surface area contributed by atoms with Gasteiger partial charge >= 0.3 is 5.97 Å². The van der Waals surface area contributed by atoms with Crippen LogP contribution >= 0.6 is 0 Å². The van der Waals surface area contributed by atoms with E-state index < -0.39 is 12.1 Å². The number of rotatable bonds is 3. The summed E-state index contributed by atoms with van der Waals surface area (Å²) in [5.41, 5.74) is 0.188. The molecule has 6 aromatic rings. The number of phenols is 2. The van der Waals surface area contributed by atoms with Gasteiger partial charge in [-0.05, 0) is 45.3 Å². The third kappa shape index (κ3) is 4.41. The Balaban J connectivity index is 0.000000162. The van der Waals surface area contributed by atoms with Crippen LogP contribution in [0.5, 0.6) is 11.5 Å². The highest BCUT2D eigenvalue weighted by molar-refractivity contribution is 6.13. The van der Waals surface area contributed by atoms with Crippen LogP contribution in [-0.2, 0) is 9.53 Å². The van der Waals surface area contributed by atoms with E-state index in [9.17, 15) is 20.1 Å². The van der Waals surface area contributed by atoms with Gasteiger partial charge in [0.2, 0.25) is 0 Å². The quantitative estimate of drug-likeness (QED) is 0.184. The number of hydrogen-bond donors (Lipinski definition) is 3. The molecule has 0 spiro atoms. The van der Waals surface area contributed by atoms with Crippen LogP contribution in [0, 0.1) is 0 Å². The summed E-state index contributed by atoms with van der Waals surface area (Å²) in [4.78, 5) is 11.9. The van der Waals surface area contributed by atoms with Gasteiger partial charge in [-0.3, -0.25) is 0 Å². The predicted molar refractivity (Wildman–Crippen MR) is 148 cm³/mol. The molecule has 6 aromatic carbocycles. The van der Waals surface area contributed by atoms with Crippen LogP contribution in [0.25, 0.3) is 43.1 Å². The van der Waals surface area contributed by atoms with E-state index in [1.165, 1.54) is 5.39 Å². The van der Waals surface area contributed by atoms with Gasteiger partial charge in [-0.2, -0.15) is 0 Å². The van der Waals surface area contributed by atoms with Gasteiger partial charge in [0.15, 0.2) is 6.10 Å². The Morgan fingerprint density at radius 3 is 1.76 bits per heavy atom. The smallest absolute Gasteiger partial charge is 0.339 e. The Morgan fingerprint density at radius 1 is 0.676 bits per heavy atom. The minimum Gasteiger partial charge on any atom is -0.507 e. The Morgan fingerprint density at radius 2 is 1.14 bits per heavy atom. The number of aliphatic hydroxyl groups is 1. The lowest BCUT2D eigenvalue weighted by Crippen LogP contribution is -2.16. The minimum absolute atomic E-state index is 0.0881. The third-order valence-electron chi connectivity index (χ3n) is 6.47. The molecule has 184 valence electrons. The molecular formula is C32H26O5. The SMILES string of the molecule is CCOC(=O)C(O)c1c(O)c2ccccc2c2ccccc12.Oc1cc2ccccc2c2ccccc12. The van der Waals surface area contributed by atoms with Gasteiger partial charge in [-0.25, -0.2) is 4.79 Å². The molecule has 37 heavy (non-hydrogen) atoms. The summed E-state index contributed by atoms with van der Waals surface area (Å²) in [6.45, 7) is 1.84. The molecule has 0 aromatic heterocycles. The molecule has 0 bridgehead atoms. The summed E-state index contributed by atoms with van der Waals surface area (Å²) in [5.74, 6) is -0.502. The maximum atomic E-state index is 11.9. The van der Waals surface area contributed by atoms with E-state index in [-0.39, 0.29) is 17.9 Å². The zero-order valence-corrected chi connectivity index (χ0v) is 20.3. The fourth-order valence-electron chi connectivity index (χ4n) is 4.80. The lowest BCUT2D eigenvalue weighted by Gasteiger charge is -2.17. The van der Waals surface area contributed by atoms with Crippen molar-refractivity contribution >= 4 is 49.1 Å². The maximum absolute atomic E-state index is 11.9. The van der Waals surface area contributed by atoms with E-state index in [1.807, 2.05) is 72.8 Å². The highest BCUT2D eigenvalue weighted by Gasteiger charge is 2.26. The lowest BCUT2D eigenvalue weighted by molar-refractivity contribution is -0.153. The second kappa shape index (κ2) is 10.2. The predicted octanol–water partition coefficient (Wildman–Crippen LogP) is 6.99. The molecule has 0 saturated carbocycles. The first-order valence-electron chi connectivity index (χ1n) is 12.1. The monoisotopic (exact) mass is 490 g/mol. The lowest BCUT2D eigenvalue weighted by atomic mass is 9.93. The molecular weight excluding hydrogens is 464 g/mol. The van der Waals surface area contributed by atoms with Crippen LogP contribution < -0.4 is 0 Å². The fourth-order valence-corrected chi connectivity index (χ4v) is 4.80. The molecule has 1 unspecified atom stereocenters. The molecule has 1 atom stereocenters. The van der Waals surface area contributed by atoms with Crippen LogP contribution in [0.4, 0.5) is 0 Å². The molecule has 3 N–H and O–H groups in total. The van der Waals surface area contributed by atoms with E-state index in [1.54, 1.807) is 31.2 Å². The average molecular weight is 491 g/mol. The summed E-state index contributed by atoms with van der Waals surface area (Å²) in [6, 6.07) is 32.5. The number of ether oxygens (including phenoxy) is 1. The molecule has 0 aliphatic rings. The van der Waals surface area contributed by atoms with Crippen LogP contribution in [0.1, 0.15) is 18.6 Å². The molecule has 0 heterocycles. The van der Waals surface area contributed by atoms with Gasteiger partial charge < -0.3 is 20.1 Å².